The number of amides is 1. The molecule has 1 aliphatic rings. The summed E-state index contributed by atoms with van der Waals surface area (Å²) in [5.74, 6) is -0.0755. The Bertz CT molecular complexity index is 1200. The van der Waals surface area contributed by atoms with Crippen LogP contribution in [-0.4, -0.2) is 61.4 Å². The lowest BCUT2D eigenvalue weighted by Gasteiger charge is -2.35. The second-order valence-corrected chi connectivity index (χ2v) is 9.57. The predicted octanol–water partition coefficient (Wildman–Crippen LogP) is 4.51. The molecule has 2 aromatic heterocycles. The Kier molecular flexibility index (Phi) is 7.37. The van der Waals surface area contributed by atoms with Gasteiger partial charge >= 0.3 is 6.18 Å². The number of para-hydroxylation sites is 1. The van der Waals surface area contributed by atoms with E-state index in [1.165, 1.54) is 10.2 Å². The minimum atomic E-state index is -4.54. The number of benzene rings is 1. The van der Waals surface area contributed by atoms with Crippen molar-refractivity contribution in [1.29, 1.82) is 0 Å². The highest BCUT2D eigenvalue weighted by Crippen LogP contribution is 2.35. The van der Waals surface area contributed by atoms with Crippen molar-refractivity contribution in [2.45, 2.75) is 46.5 Å². The van der Waals surface area contributed by atoms with Crippen LogP contribution in [0.1, 0.15) is 34.8 Å². The van der Waals surface area contributed by atoms with Gasteiger partial charge in [-0.15, -0.1) is 0 Å². The summed E-state index contributed by atoms with van der Waals surface area (Å²) in [6.45, 7) is 9.13. The third kappa shape index (κ3) is 5.45. The van der Waals surface area contributed by atoms with Crippen LogP contribution in [0.3, 0.4) is 0 Å². The zero-order chi connectivity index (χ0) is 25.3. The molecule has 0 saturated carbocycles. The zero-order valence-electron chi connectivity index (χ0n) is 19.9. The molecule has 0 radical (unpaired) electrons. The van der Waals surface area contributed by atoms with Gasteiger partial charge in [-0.2, -0.15) is 23.4 Å². The Morgan fingerprint density at radius 2 is 1.66 bits per heavy atom. The quantitative estimate of drug-likeness (QED) is 0.451. The summed E-state index contributed by atoms with van der Waals surface area (Å²) < 4.78 is 42.3. The fraction of sp³-hybridized carbons (Fsp3) is 0.458. The van der Waals surface area contributed by atoms with Gasteiger partial charge in [0.1, 0.15) is 0 Å². The Balaban J connectivity index is 1.32. The van der Waals surface area contributed by atoms with Crippen molar-refractivity contribution < 1.29 is 18.0 Å². The maximum absolute atomic E-state index is 13.1. The van der Waals surface area contributed by atoms with Crippen LogP contribution >= 0.6 is 15.9 Å². The first-order valence-corrected chi connectivity index (χ1v) is 12.3. The number of hydrogen-bond acceptors (Lipinski definition) is 4. The molecule has 0 unspecified atom stereocenters. The van der Waals surface area contributed by atoms with Crippen molar-refractivity contribution in [2.24, 2.45) is 0 Å². The molecule has 1 aliphatic heterocycles. The number of piperazine rings is 1. The number of halogens is 4. The van der Waals surface area contributed by atoms with Gasteiger partial charge in [-0.1, -0.05) is 18.2 Å². The minimum Gasteiger partial charge on any atom is -0.340 e. The lowest BCUT2D eigenvalue weighted by Crippen LogP contribution is -2.48. The van der Waals surface area contributed by atoms with E-state index in [-0.39, 0.29) is 23.3 Å². The molecule has 0 aliphatic carbocycles. The van der Waals surface area contributed by atoms with E-state index in [0.717, 1.165) is 36.7 Å². The zero-order valence-corrected chi connectivity index (χ0v) is 21.5. The average molecular weight is 553 g/mol. The molecule has 0 N–H and O–H groups in total. The molecular formula is C24H28BrF3N6O. The maximum Gasteiger partial charge on any atom is 0.436 e. The average Bonchev–Trinajstić information content (AvgIpc) is 3.28. The molecule has 0 bridgehead atoms. The van der Waals surface area contributed by atoms with E-state index in [4.69, 9.17) is 5.10 Å². The first-order valence-electron chi connectivity index (χ1n) is 11.5. The molecule has 0 spiro atoms. The highest BCUT2D eigenvalue weighted by Gasteiger charge is 2.38. The third-order valence-electron chi connectivity index (χ3n) is 6.49. The number of aromatic nitrogens is 4. The molecule has 188 valence electrons. The molecule has 0 atom stereocenters. The van der Waals surface area contributed by atoms with Crippen molar-refractivity contribution in [1.82, 2.24) is 29.4 Å². The van der Waals surface area contributed by atoms with Gasteiger partial charge < -0.3 is 4.90 Å². The molecule has 1 aromatic carbocycles. The van der Waals surface area contributed by atoms with Gasteiger partial charge in [-0.25, -0.2) is 4.68 Å². The molecule has 3 aromatic rings. The summed E-state index contributed by atoms with van der Waals surface area (Å²) in [5, 5.41) is 8.37. The molecule has 3 heterocycles. The predicted molar refractivity (Wildman–Crippen MR) is 129 cm³/mol. The molecule has 11 heteroatoms. The first-order chi connectivity index (χ1) is 16.6. The van der Waals surface area contributed by atoms with E-state index in [1.54, 1.807) is 11.8 Å². The van der Waals surface area contributed by atoms with Crippen LogP contribution < -0.4 is 0 Å². The number of aryl methyl sites for hydroxylation is 2. The van der Waals surface area contributed by atoms with E-state index in [0.29, 0.717) is 18.8 Å². The molecule has 1 saturated heterocycles. The van der Waals surface area contributed by atoms with Crippen molar-refractivity contribution in [3.63, 3.8) is 0 Å². The number of nitrogens with zero attached hydrogens (tertiary/aromatic N) is 6. The van der Waals surface area contributed by atoms with Crippen LogP contribution in [0.5, 0.6) is 0 Å². The second kappa shape index (κ2) is 10.1. The standard InChI is InChI=1S/C24H28BrF3N6O/c1-16-20(17(2)34(29-16)19-7-5-4-6-8-19)15-31-11-13-32(14-12-31)21(35)9-10-33-18(3)22(25)23(30-33)24(26,27)28/h4-8H,9-15H2,1-3H3. The van der Waals surface area contributed by atoms with E-state index >= 15 is 0 Å². The minimum absolute atomic E-state index is 0.0755. The van der Waals surface area contributed by atoms with E-state index in [2.05, 4.69) is 32.9 Å². The Labute approximate surface area is 210 Å². The van der Waals surface area contributed by atoms with Crippen molar-refractivity contribution in [2.75, 3.05) is 26.2 Å². The summed E-state index contributed by atoms with van der Waals surface area (Å²) in [5.41, 5.74) is 3.70. The summed E-state index contributed by atoms with van der Waals surface area (Å²) in [7, 11) is 0. The summed E-state index contributed by atoms with van der Waals surface area (Å²) in [4.78, 5) is 16.8. The number of alkyl halides is 3. The van der Waals surface area contributed by atoms with Crippen LogP contribution in [-0.2, 0) is 24.1 Å². The molecule has 7 nitrogen and oxygen atoms in total. The summed E-state index contributed by atoms with van der Waals surface area (Å²) in [6, 6.07) is 10.0. The highest BCUT2D eigenvalue weighted by molar-refractivity contribution is 9.10. The normalized spacial score (nSPS) is 15.1. The van der Waals surface area contributed by atoms with Gasteiger partial charge in [-0.3, -0.25) is 14.4 Å². The Hall–Kier alpha value is -2.66. The molecule has 1 fully saturated rings. The largest absolute Gasteiger partial charge is 0.436 e. The van der Waals surface area contributed by atoms with Gasteiger partial charge in [0.15, 0.2) is 5.69 Å². The lowest BCUT2D eigenvalue weighted by molar-refractivity contribution is -0.142. The van der Waals surface area contributed by atoms with Crippen LogP contribution in [0.25, 0.3) is 5.69 Å². The van der Waals surface area contributed by atoms with Gasteiger partial charge in [0.2, 0.25) is 5.91 Å². The van der Waals surface area contributed by atoms with Crippen LogP contribution in [0.4, 0.5) is 13.2 Å². The third-order valence-corrected chi connectivity index (χ3v) is 7.44. The van der Waals surface area contributed by atoms with Crippen molar-refractivity contribution in [3.05, 3.63) is 63.1 Å². The number of hydrogen-bond donors (Lipinski definition) is 0. The fourth-order valence-corrected chi connectivity index (χ4v) is 4.89. The van der Waals surface area contributed by atoms with Crippen molar-refractivity contribution in [3.8, 4) is 5.69 Å². The SMILES string of the molecule is Cc1nn(-c2ccccc2)c(C)c1CN1CCN(C(=O)CCn2nc(C(F)(F)F)c(Br)c2C)CC1. The van der Waals surface area contributed by atoms with E-state index in [1.807, 2.05) is 41.9 Å². The highest BCUT2D eigenvalue weighted by atomic mass is 79.9. The lowest BCUT2D eigenvalue weighted by atomic mass is 10.1. The van der Waals surface area contributed by atoms with Crippen LogP contribution in [0.15, 0.2) is 34.8 Å². The fourth-order valence-electron chi connectivity index (χ4n) is 4.39. The topological polar surface area (TPSA) is 59.2 Å². The molecule has 4 rings (SSSR count). The van der Waals surface area contributed by atoms with Crippen LogP contribution in [0.2, 0.25) is 0 Å². The van der Waals surface area contributed by atoms with Gasteiger partial charge in [0.05, 0.1) is 28.1 Å². The first kappa shape index (κ1) is 25.4. The van der Waals surface area contributed by atoms with Crippen molar-refractivity contribution >= 4 is 21.8 Å². The number of carbonyl (C=O) groups is 1. The monoisotopic (exact) mass is 552 g/mol. The van der Waals surface area contributed by atoms with Gasteiger partial charge in [0, 0.05) is 50.4 Å². The Morgan fingerprint density at radius 3 is 2.26 bits per heavy atom. The number of rotatable bonds is 6. The maximum atomic E-state index is 13.1. The number of carbonyl (C=O) groups excluding carboxylic acids is 1. The van der Waals surface area contributed by atoms with Gasteiger partial charge in [0.25, 0.3) is 0 Å². The molecular weight excluding hydrogens is 525 g/mol. The summed E-state index contributed by atoms with van der Waals surface area (Å²) in [6.07, 6.45) is -4.43. The van der Waals surface area contributed by atoms with Gasteiger partial charge in [-0.05, 0) is 48.8 Å². The summed E-state index contributed by atoms with van der Waals surface area (Å²) >= 11 is 2.97. The van der Waals surface area contributed by atoms with E-state index in [9.17, 15) is 18.0 Å². The van der Waals surface area contributed by atoms with E-state index < -0.39 is 11.9 Å². The Morgan fingerprint density at radius 1 is 1.00 bits per heavy atom. The van der Waals surface area contributed by atoms with Crippen LogP contribution in [0, 0.1) is 20.8 Å². The molecule has 1 amide bonds. The smallest absolute Gasteiger partial charge is 0.340 e. The molecule has 35 heavy (non-hydrogen) atoms. The second-order valence-electron chi connectivity index (χ2n) is 8.77.